The van der Waals surface area contributed by atoms with Gasteiger partial charge in [-0.15, -0.1) is 23.2 Å². The van der Waals surface area contributed by atoms with Crippen molar-refractivity contribution in [2.75, 3.05) is 33.0 Å². The Morgan fingerprint density at radius 3 is 1.25 bits per heavy atom. The molecule has 0 spiro atoms. The van der Waals surface area contributed by atoms with Crippen molar-refractivity contribution in [2.24, 2.45) is 20.5 Å². The van der Waals surface area contributed by atoms with E-state index in [9.17, 15) is 28.8 Å². The minimum absolute atomic E-state index is 0.0537. The molecular weight excluding hydrogens is 902 g/mol. The highest BCUT2D eigenvalue weighted by Crippen LogP contribution is 2.31. The summed E-state index contributed by atoms with van der Waals surface area (Å²) in [5, 5.41) is 27.5. The molecule has 5 aromatic carbocycles. The van der Waals surface area contributed by atoms with Crippen LogP contribution in [0.2, 0.25) is 10.0 Å². The number of halogens is 4. The van der Waals surface area contributed by atoms with Gasteiger partial charge in [-0.25, -0.2) is 0 Å². The predicted octanol–water partition coefficient (Wildman–Crippen LogP) is 11.0. The van der Waals surface area contributed by atoms with Crippen LogP contribution in [0.5, 0.6) is 0 Å². The molecule has 0 saturated heterocycles. The van der Waals surface area contributed by atoms with Gasteiger partial charge in [0.2, 0.25) is 12.1 Å². The van der Waals surface area contributed by atoms with E-state index in [1.807, 2.05) is 24.3 Å². The summed E-state index contributed by atoms with van der Waals surface area (Å²) in [6.07, 6.45) is 1.10. The van der Waals surface area contributed by atoms with Crippen molar-refractivity contribution in [3.05, 3.63) is 140 Å². The van der Waals surface area contributed by atoms with E-state index in [1.54, 1.807) is 50.2 Å². The van der Waals surface area contributed by atoms with Gasteiger partial charge in [-0.2, -0.15) is 20.5 Å². The fourth-order valence-electron chi connectivity index (χ4n) is 6.14. The molecule has 2 unspecified atom stereocenters. The van der Waals surface area contributed by atoms with Crippen LogP contribution in [0.25, 0.3) is 0 Å². The fraction of sp³-hybridized carbons (Fsp3) is 0.217. The van der Waals surface area contributed by atoms with Crippen molar-refractivity contribution in [3.8, 4) is 0 Å². The average Bonchev–Trinajstić information content (AvgIpc) is 3.25. The number of ketones is 2. The Morgan fingerprint density at radius 2 is 0.891 bits per heavy atom. The highest BCUT2D eigenvalue weighted by molar-refractivity contribution is 6.33. The maximum atomic E-state index is 13.4. The molecule has 0 bridgehead atoms. The Kier molecular flexibility index (Phi) is 17.4. The molecule has 4 N–H and O–H groups in total. The van der Waals surface area contributed by atoms with Crippen molar-refractivity contribution in [2.45, 2.75) is 52.6 Å². The summed E-state index contributed by atoms with van der Waals surface area (Å²) in [5.41, 5.74) is 4.99. The number of Topliss-reactive ketones (excluding diaryl/α,β-unsaturated/α-hetero) is 2. The third kappa shape index (κ3) is 12.9. The molecule has 0 aliphatic carbocycles. The average molecular weight is 945 g/mol. The van der Waals surface area contributed by atoms with E-state index in [4.69, 9.17) is 46.4 Å². The fourth-order valence-corrected chi connectivity index (χ4v) is 6.86. The Hall–Kier alpha value is -6.32. The maximum absolute atomic E-state index is 13.4. The summed E-state index contributed by atoms with van der Waals surface area (Å²) in [6, 6.07) is 23.1. The second-order valence-electron chi connectivity index (χ2n) is 14.4. The second kappa shape index (κ2) is 22.9. The number of amides is 4. The number of aryl methyl sites for hydroxylation is 4. The minimum atomic E-state index is -1.59. The van der Waals surface area contributed by atoms with Crippen LogP contribution in [-0.4, -0.2) is 59.0 Å². The van der Waals surface area contributed by atoms with Crippen LogP contribution in [0.3, 0.4) is 0 Å². The summed E-state index contributed by atoms with van der Waals surface area (Å²) in [4.78, 5) is 78.5. The number of nitrogens with zero attached hydrogens (tertiary/aromatic N) is 4. The summed E-state index contributed by atoms with van der Waals surface area (Å²) in [6.45, 7) is 5.67. The molecule has 0 saturated carbocycles. The molecule has 0 heterocycles. The van der Waals surface area contributed by atoms with E-state index in [-0.39, 0.29) is 32.5 Å². The van der Waals surface area contributed by atoms with E-state index in [0.717, 1.165) is 11.1 Å². The first kappa shape index (κ1) is 48.7. The summed E-state index contributed by atoms with van der Waals surface area (Å²) < 4.78 is 0. The van der Waals surface area contributed by atoms with E-state index < -0.39 is 47.3 Å². The first-order valence-electron chi connectivity index (χ1n) is 19.6. The number of rotatable bonds is 18. The summed E-state index contributed by atoms with van der Waals surface area (Å²) in [7, 11) is 0. The van der Waals surface area contributed by atoms with Gasteiger partial charge in [-0.1, -0.05) is 59.6 Å². The van der Waals surface area contributed by atoms with Gasteiger partial charge in [0, 0.05) is 45.6 Å². The number of carbonyl (C=O) groups is 6. The number of anilines is 4. The lowest BCUT2D eigenvalue weighted by Gasteiger charge is -2.16. The van der Waals surface area contributed by atoms with Crippen molar-refractivity contribution >= 4 is 116 Å². The zero-order valence-electron chi connectivity index (χ0n) is 35.0. The molecule has 4 amide bonds. The Balaban J connectivity index is 1.26. The van der Waals surface area contributed by atoms with Crippen LogP contribution in [0.1, 0.15) is 56.8 Å². The third-order valence-electron chi connectivity index (χ3n) is 9.59. The molecule has 330 valence electrons. The molecule has 5 rings (SSSR count). The van der Waals surface area contributed by atoms with Gasteiger partial charge in [0.15, 0.2) is 11.6 Å². The molecule has 5 aromatic rings. The quantitative estimate of drug-likeness (QED) is 0.0382. The van der Waals surface area contributed by atoms with E-state index in [2.05, 4.69) is 41.7 Å². The largest absolute Gasteiger partial charge is 0.324 e. The number of para-hydroxylation sites is 2. The normalized spacial score (nSPS) is 12.1. The molecule has 0 aromatic heterocycles. The van der Waals surface area contributed by atoms with E-state index >= 15 is 0 Å². The lowest BCUT2D eigenvalue weighted by atomic mass is 10.1. The monoisotopic (exact) mass is 942 g/mol. The summed E-state index contributed by atoms with van der Waals surface area (Å²) in [5.74, 6) is -2.99. The first-order valence-corrected chi connectivity index (χ1v) is 21.5. The number of benzene rings is 5. The number of carbonyl (C=O) groups excluding carboxylic acids is 6. The maximum Gasteiger partial charge on any atom is 0.258 e. The summed E-state index contributed by atoms with van der Waals surface area (Å²) >= 11 is 24.6. The Morgan fingerprint density at radius 1 is 0.516 bits per heavy atom. The zero-order chi connectivity index (χ0) is 46.5. The van der Waals surface area contributed by atoms with Gasteiger partial charge in [0.05, 0.1) is 10.0 Å². The lowest BCUT2D eigenvalue weighted by molar-refractivity contribution is -0.127. The molecule has 0 fully saturated rings. The number of alkyl halides is 2. The number of nitrogens with one attached hydrogen (secondary N) is 4. The van der Waals surface area contributed by atoms with E-state index in [1.165, 1.54) is 50.2 Å². The highest BCUT2D eigenvalue weighted by atomic mass is 35.5. The molecule has 2 atom stereocenters. The van der Waals surface area contributed by atoms with Crippen LogP contribution in [-0.2, 0) is 32.0 Å². The van der Waals surface area contributed by atoms with Crippen LogP contribution in [0, 0.1) is 13.8 Å². The molecule has 14 nitrogen and oxygen atoms in total. The van der Waals surface area contributed by atoms with Crippen LogP contribution < -0.4 is 21.3 Å². The van der Waals surface area contributed by atoms with Crippen molar-refractivity contribution in [1.29, 1.82) is 0 Å². The highest BCUT2D eigenvalue weighted by Gasteiger charge is 2.27. The van der Waals surface area contributed by atoms with Crippen molar-refractivity contribution < 1.29 is 28.8 Å². The molecule has 64 heavy (non-hydrogen) atoms. The molecule has 0 aliphatic heterocycles. The molecule has 0 radical (unpaired) electrons. The van der Waals surface area contributed by atoms with Crippen LogP contribution in [0.15, 0.2) is 118 Å². The molecule has 18 heteroatoms. The predicted molar refractivity (Wildman–Crippen MR) is 252 cm³/mol. The number of hydrogen-bond donors (Lipinski definition) is 4. The molecule has 0 aliphatic rings. The number of azo groups is 2. The minimum Gasteiger partial charge on any atom is -0.324 e. The van der Waals surface area contributed by atoms with Gasteiger partial charge < -0.3 is 21.3 Å². The van der Waals surface area contributed by atoms with Crippen molar-refractivity contribution in [1.82, 2.24) is 0 Å². The van der Waals surface area contributed by atoms with E-state index in [0.29, 0.717) is 58.5 Å². The van der Waals surface area contributed by atoms with Crippen molar-refractivity contribution in [3.63, 3.8) is 0 Å². The zero-order valence-corrected chi connectivity index (χ0v) is 38.0. The van der Waals surface area contributed by atoms with Gasteiger partial charge in [0.1, 0.15) is 11.4 Å². The lowest BCUT2D eigenvalue weighted by Crippen LogP contribution is -2.32. The van der Waals surface area contributed by atoms with Gasteiger partial charge in [0.25, 0.3) is 23.6 Å². The first-order chi connectivity index (χ1) is 30.6. The standard InChI is InChI=1S/C46H42Cl4N8O6/c1-25-21-38(54-46(64)42(28(4)60)58-56-40-24-32(14-16-34(40)50)44(62)52-36-12-8-6-10-30(36)18-20-48)26(2)22-37(25)53-45(63)41(27(3)59)57-55-39-23-31(13-15-33(39)49)43(61)51-35-11-7-5-9-29(35)17-19-47/h5-16,21-24,41-42H,17-20H2,1-4H3,(H,51,61)(H,52,62)(H,53,63)(H,54,64). The van der Waals surface area contributed by atoms with Gasteiger partial charge in [-0.3, -0.25) is 28.8 Å². The molecular formula is C46H42Cl4N8O6. The Labute approximate surface area is 389 Å². The second-order valence-corrected chi connectivity index (χ2v) is 15.9. The topological polar surface area (TPSA) is 200 Å². The Bertz CT molecular complexity index is 2490. The van der Waals surface area contributed by atoms with Gasteiger partial charge >= 0.3 is 0 Å². The van der Waals surface area contributed by atoms with Gasteiger partial charge in [-0.05, 0) is 123 Å². The van der Waals surface area contributed by atoms with Crippen LogP contribution >= 0.6 is 46.4 Å². The SMILES string of the molecule is CC(=O)C(N=Nc1cc(C(=O)Nc2ccccc2CCCl)ccc1Cl)C(=O)Nc1cc(C)c(NC(=O)C(N=Nc2cc(C(=O)Nc3ccccc3CCCl)ccc2Cl)C(C)=O)cc1C. The third-order valence-corrected chi connectivity index (χ3v) is 10.6. The smallest absolute Gasteiger partial charge is 0.258 e. The number of hydrogen-bond acceptors (Lipinski definition) is 10. The van der Waals surface area contributed by atoms with Crippen LogP contribution in [0.4, 0.5) is 34.1 Å².